The predicted molar refractivity (Wildman–Crippen MR) is 74.9 cm³/mol. The van der Waals surface area contributed by atoms with Crippen LogP contribution in [0, 0.1) is 0 Å². The first-order chi connectivity index (χ1) is 8.22. The number of hydrogen-bond acceptors (Lipinski definition) is 4. The van der Waals surface area contributed by atoms with E-state index in [0.29, 0.717) is 6.04 Å². The van der Waals surface area contributed by atoms with E-state index in [0.717, 1.165) is 31.1 Å². The largest absolute Gasteiger partial charge is 0.497 e. The van der Waals surface area contributed by atoms with Crippen molar-refractivity contribution < 1.29 is 9.47 Å². The third-order valence-corrected chi connectivity index (χ3v) is 3.23. The number of likely N-dealkylation sites (N-methyl/N-ethyl adjacent to an activating group) is 1. The fourth-order valence-electron chi connectivity index (χ4n) is 1.96. The summed E-state index contributed by atoms with van der Waals surface area (Å²) in [5.41, 5.74) is 1.22. The third-order valence-electron chi connectivity index (χ3n) is 3.23. The highest BCUT2D eigenvalue weighted by Gasteiger charge is 2.21. The molecule has 0 unspecified atom stereocenters. The van der Waals surface area contributed by atoms with Crippen LogP contribution in [0.2, 0.25) is 0 Å². The van der Waals surface area contributed by atoms with Crippen LogP contribution in [0.15, 0.2) is 18.2 Å². The van der Waals surface area contributed by atoms with Gasteiger partial charge in [0.2, 0.25) is 0 Å². The van der Waals surface area contributed by atoms with Gasteiger partial charge in [0.05, 0.1) is 14.2 Å². The van der Waals surface area contributed by atoms with E-state index in [1.54, 1.807) is 14.2 Å². The van der Waals surface area contributed by atoms with Crippen LogP contribution in [0.4, 0.5) is 0 Å². The Hall–Kier alpha value is -0.970. The highest BCUT2D eigenvalue weighted by atomic mass is 35.5. The lowest BCUT2D eigenvalue weighted by Gasteiger charge is -2.35. The summed E-state index contributed by atoms with van der Waals surface area (Å²) in [6, 6.07) is 6.66. The van der Waals surface area contributed by atoms with Crippen molar-refractivity contribution in [3.63, 3.8) is 0 Å². The van der Waals surface area contributed by atoms with Crippen LogP contribution in [-0.4, -0.2) is 45.3 Å². The van der Waals surface area contributed by atoms with E-state index in [-0.39, 0.29) is 12.4 Å². The van der Waals surface area contributed by atoms with Crippen molar-refractivity contribution in [1.82, 2.24) is 10.2 Å². The second-order valence-corrected chi connectivity index (χ2v) is 4.45. The average Bonchev–Trinajstić information content (AvgIpc) is 2.25. The Morgan fingerprint density at radius 2 is 1.72 bits per heavy atom. The number of halogens is 1. The topological polar surface area (TPSA) is 33.7 Å². The van der Waals surface area contributed by atoms with Crippen molar-refractivity contribution in [2.45, 2.75) is 12.6 Å². The summed E-state index contributed by atoms with van der Waals surface area (Å²) in [5.74, 6) is 1.69. The molecule has 0 amide bonds. The average molecular weight is 273 g/mol. The molecule has 18 heavy (non-hydrogen) atoms. The lowest BCUT2D eigenvalue weighted by molar-refractivity contribution is 0.173. The highest BCUT2D eigenvalue weighted by Crippen LogP contribution is 2.23. The van der Waals surface area contributed by atoms with Crippen LogP contribution in [0.1, 0.15) is 5.56 Å². The van der Waals surface area contributed by atoms with Gasteiger partial charge in [-0.1, -0.05) is 0 Å². The van der Waals surface area contributed by atoms with Gasteiger partial charge in [-0.15, -0.1) is 12.4 Å². The summed E-state index contributed by atoms with van der Waals surface area (Å²) in [4.78, 5) is 2.35. The van der Waals surface area contributed by atoms with E-state index < -0.39 is 0 Å². The van der Waals surface area contributed by atoms with Gasteiger partial charge in [0.1, 0.15) is 11.5 Å². The summed E-state index contributed by atoms with van der Waals surface area (Å²) >= 11 is 0. The first-order valence-corrected chi connectivity index (χ1v) is 5.86. The van der Waals surface area contributed by atoms with Gasteiger partial charge in [0, 0.05) is 31.7 Å². The number of methoxy groups -OCH3 is 2. The number of ether oxygens (including phenoxy) is 2. The first kappa shape index (κ1) is 15.1. The summed E-state index contributed by atoms with van der Waals surface area (Å²) in [5, 5.41) is 3.28. The van der Waals surface area contributed by atoms with Gasteiger partial charge in [0.25, 0.3) is 0 Å². The molecule has 1 aliphatic rings. The van der Waals surface area contributed by atoms with Crippen molar-refractivity contribution in [2.24, 2.45) is 0 Å². The van der Waals surface area contributed by atoms with Gasteiger partial charge >= 0.3 is 0 Å². The van der Waals surface area contributed by atoms with Crippen molar-refractivity contribution in [3.05, 3.63) is 23.8 Å². The molecule has 0 radical (unpaired) electrons. The van der Waals surface area contributed by atoms with Crippen molar-refractivity contribution in [1.29, 1.82) is 0 Å². The minimum atomic E-state index is 0. The molecule has 0 bridgehead atoms. The fourth-order valence-corrected chi connectivity index (χ4v) is 1.96. The zero-order chi connectivity index (χ0) is 12.3. The van der Waals surface area contributed by atoms with Gasteiger partial charge in [-0.2, -0.15) is 0 Å². The van der Waals surface area contributed by atoms with Crippen molar-refractivity contribution in [3.8, 4) is 11.5 Å². The molecule has 102 valence electrons. The highest BCUT2D eigenvalue weighted by molar-refractivity contribution is 5.85. The summed E-state index contributed by atoms with van der Waals surface area (Å²) in [6.07, 6.45) is 0. The molecule has 0 aliphatic carbocycles. The molecule has 4 nitrogen and oxygen atoms in total. The maximum atomic E-state index is 5.27. The monoisotopic (exact) mass is 272 g/mol. The Balaban J connectivity index is 0.00000162. The number of nitrogens with one attached hydrogen (secondary N) is 1. The van der Waals surface area contributed by atoms with Crippen LogP contribution in [-0.2, 0) is 6.54 Å². The van der Waals surface area contributed by atoms with E-state index in [2.05, 4.69) is 29.4 Å². The van der Waals surface area contributed by atoms with Crippen LogP contribution < -0.4 is 14.8 Å². The smallest absolute Gasteiger partial charge is 0.122 e. The van der Waals surface area contributed by atoms with E-state index >= 15 is 0 Å². The van der Waals surface area contributed by atoms with E-state index in [4.69, 9.17) is 9.47 Å². The van der Waals surface area contributed by atoms with Crippen LogP contribution in [0.3, 0.4) is 0 Å². The van der Waals surface area contributed by atoms with Gasteiger partial charge in [-0.25, -0.2) is 0 Å². The SMILES string of the molecule is COc1cc(CN(C)C2CNC2)cc(OC)c1.Cl. The zero-order valence-electron chi connectivity index (χ0n) is 11.1. The molecule has 2 rings (SSSR count). The zero-order valence-corrected chi connectivity index (χ0v) is 11.9. The Kier molecular flexibility index (Phi) is 5.72. The molecular weight excluding hydrogens is 252 g/mol. The molecule has 1 aromatic carbocycles. The maximum absolute atomic E-state index is 5.27. The van der Waals surface area contributed by atoms with Crippen LogP contribution >= 0.6 is 12.4 Å². The fraction of sp³-hybridized carbons (Fsp3) is 0.538. The quantitative estimate of drug-likeness (QED) is 0.881. The van der Waals surface area contributed by atoms with Gasteiger partial charge in [-0.05, 0) is 24.7 Å². The molecule has 1 aliphatic heterocycles. The first-order valence-electron chi connectivity index (χ1n) is 5.86. The molecule has 0 atom stereocenters. The molecule has 1 saturated heterocycles. The molecule has 1 N–H and O–H groups in total. The summed E-state index contributed by atoms with van der Waals surface area (Å²) in [6.45, 7) is 3.08. The van der Waals surface area contributed by atoms with E-state index in [9.17, 15) is 0 Å². The Morgan fingerprint density at radius 3 is 2.11 bits per heavy atom. The van der Waals surface area contributed by atoms with E-state index in [1.165, 1.54) is 5.56 Å². The van der Waals surface area contributed by atoms with Gasteiger partial charge < -0.3 is 14.8 Å². The molecule has 0 saturated carbocycles. The standard InChI is InChI=1S/C13H20N2O2.ClH/c1-15(11-7-14-8-11)9-10-4-12(16-2)6-13(5-10)17-3;/h4-6,11,14H,7-9H2,1-3H3;1H. The van der Waals surface area contributed by atoms with Gasteiger partial charge in [0.15, 0.2) is 0 Å². The maximum Gasteiger partial charge on any atom is 0.122 e. The van der Waals surface area contributed by atoms with E-state index in [1.807, 2.05) is 6.07 Å². The lowest BCUT2D eigenvalue weighted by Crippen LogP contribution is -2.55. The minimum absolute atomic E-state index is 0. The normalized spacial score (nSPS) is 14.9. The molecule has 1 aromatic rings. The van der Waals surface area contributed by atoms with Crippen molar-refractivity contribution >= 4 is 12.4 Å². The Morgan fingerprint density at radius 1 is 1.17 bits per heavy atom. The molecule has 1 fully saturated rings. The summed E-state index contributed by atoms with van der Waals surface area (Å²) in [7, 11) is 5.51. The van der Waals surface area contributed by atoms with Crippen LogP contribution in [0.25, 0.3) is 0 Å². The predicted octanol–water partition coefficient (Wildman–Crippen LogP) is 1.53. The molecule has 0 spiro atoms. The molecule has 0 aromatic heterocycles. The number of rotatable bonds is 5. The molecule has 1 heterocycles. The number of hydrogen-bond donors (Lipinski definition) is 1. The number of nitrogens with zero attached hydrogens (tertiary/aromatic N) is 1. The Bertz CT molecular complexity index is 361. The second kappa shape index (κ2) is 6.83. The number of benzene rings is 1. The minimum Gasteiger partial charge on any atom is -0.497 e. The molecule has 5 heteroatoms. The van der Waals surface area contributed by atoms with Crippen molar-refractivity contribution in [2.75, 3.05) is 34.4 Å². The lowest BCUT2D eigenvalue weighted by atomic mass is 10.1. The van der Waals surface area contributed by atoms with Gasteiger partial charge in [-0.3, -0.25) is 4.90 Å². The third kappa shape index (κ3) is 3.51. The summed E-state index contributed by atoms with van der Waals surface area (Å²) < 4.78 is 10.5. The molecular formula is C13H21ClN2O2. The Labute approximate surface area is 115 Å². The second-order valence-electron chi connectivity index (χ2n) is 4.45. The van der Waals surface area contributed by atoms with Crippen LogP contribution in [0.5, 0.6) is 11.5 Å².